The average molecular weight is 232 g/mol. The number of amides is 1. The lowest BCUT2D eigenvalue weighted by Crippen LogP contribution is -2.47. The highest BCUT2D eigenvalue weighted by molar-refractivity contribution is 5.82. The van der Waals surface area contributed by atoms with Crippen LogP contribution in [0.2, 0.25) is 0 Å². The third-order valence-corrected chi connectivity index (χ3v) is 2.94. The zero-order chi connectivity index (χ0) is 12.8. The molecule has 0 aromatic rings. The topological polar surface area (TPSA) is 75.8 Å². The number of likely N-dealkylation sites (N-methyl/N-ethyl adjacent to an activating group) is 1. The Bertz CT molecular complexity index is 217. The molecule has 0 heterocycles. The molecule has 2 atom stereocenters. The predicted molar refractivity (Wildman–Crippen MR) is 63.0 cm³/mol. The van der Waals surface area contributed by atoms with Crippen molar-refractivity contribution in [3.63, 3.8) is 0 Å². The van der Waals surface area contributed by atoms with Crippen LogP contribution in [0.15, 0.2) is 0 Å². The molecule has 0 rings (SSSR count). The molecule has 2 unspecified atom stereocenters. The van der Waals surface area contributed by atoms with Gasteiger partial charge < -0.3 is 20.5 Å². The number of nitrogens with zero attached hydrogens (tertiary/aromatic N) is 1. The SMILES string of the molecule is CCC(C)(CN)C(=O)N(C)CC(O)COC. The summed E-state index contributed by atoms with van der Waals surface area (Å²) in [5, 5.41) is 9.53. The molecule has 0 aliphatic heterocycles. The number of hydrogen-bond acceptors (Lipinski definition) is 4. The molecule has 0 saturated heterocycles. The molecule has 5 nitrogen and oxygen atoms in total. The lowest BCUT2D eigenvalue weighted by molar-refractivity contribution is -0.141. The Labute approximate surface area is 97.6 Å². The molecule has 0 aliphatic rings. The van der Waals surface area contributed by atoms with Gasteiger partial charge in [0.25, 0.3) is 0 Å². The van der Waals surface area contributed by atoms with E-state index in [4.69, 9.17) is 10.5 Å². The molecule has 1 amide bonds. The van der Waals surface area contributed by atoms with Crippen LogP contribution in [0.3, 0.4) is 0 Å². The van der Waals surface area contributed by atoms with Crippen LogP contribution >= 0.6 is 0 Å². The monoisotopic (exact) mass is 232 g/mol. The van der Waals surface area contributed by atoms with Gasteiger partial charge in [0, 0.05) is 27.2 Å². The van der Waals surface area contributed by atoms with Crippen molar-refractivity contribution in [2.24, 2.45) is 11.1 Å². The molecule has 0 bridgehead atoms. The van der Waals surface area contributed by atoms with Crippen molar-refractivity contribution in [1.82, 2.24) is 4.90 Å². The molecule has 0 aromatic carbocycles. The maximum absolute atomic E-state index is 12.1. The lowest BCUT2D eigenvalue weighted by atomic mass is 9.86. The number of carbonyl (C=O) groups excluding carboxylic acids is 1. The van der Waals surface area contributed by atoms with E-state index < -0.39 is 11.5 Å². The Morgan fingerprint density at radius 3 is 2.56 bits per heavy atom. The Kier molecular flexibility index (Phi) is 6.55. The van der Waals surface area contributed by atoms with Gasteiger partial charge >= 0.3 is 0 Å². The van der Waals surface area contributed by atoms with Crippen molar-refractivity contribution < 1.29 is 14.6 Å². The molecule has 0 spiro atoms. The highest BCUT2D eigenvalue weighted by Gasteiger charge is 2.32. The standard InChI is InChI=1S/C11H24N2O3/c1-5-11(2,8-12)10(15)13(3)6-9(14)7-16-4/h9,14H,5-8,12H2,1-4H3. The summed E-state index contributed by atoms with van der Waals surface area (Å²) in [6.45, 7) is 4.58. The summed E-state index contributed by atoms with van der Waals surface area (Å²) in [5.74, 6) is -0.0346. The quantitative estimate of drug-likeness (QED) is 0.639. The highest BCUT2D eigenvalue weighted by Crippen LogP contribution is 2.21. The average Bonchev–Trinajstić information content (AvgIpc) is 2.27. The zero-order valence-electron chi connectivity index (χ0n) is 10.7. The number of methoxy groups -OCH3 is 1. The molecule has 0 fully saturated rings. The molecular formula is C11H24N2O3. The number of rotatable bonds is 7. The number of nitrogens with two attached hydrogens (primary N) is 1. The summed E-state index contributed by atoms with van der Waals surface area (Å²) < 4.78 is 4.81. The van der Waals surface area contributed by atoms with Gasteiger partial charge in [0.1, 0.15) is 0 Å². The fraction of sp³-hybridized carbons (Fsp3) is 0.909. The molecule has 3 N–H and O–H groups in total. The zero-order valence-corrected chi connectivity index (χ0v) is 10.7. The first-order chi connectivity index (χ1) is 7.41. The number of aliphatic hydroxyl groups excluding tert-OH is 1. The first-order valence-electron chi connectivity index (χ1n) is 5.54. The van der Waals surface area contributed by atoms with Crippen molar-refractivity contribution in [3.05, 3.63) is 0 Å². The second kappa shape index (κ2) is 6.83. The third kappa shape index (κ3) is 4.08. The minimum absolute atomic E-state index is 0.0346. The Hall–Kier alpha value is -0.650. The fourth-order valence-electron chi connectivity index (χ4n) is 1.49. The summed E-state index contributed by atoms with van der Waals surface area (Å²) in [7, 11) is 3.19. The summed E-state index contributed by atoms with van der Waals surface area (Å²) in [4.78, 5) is 13.6. The van der Waals surface area contributed by atoms with Gasteiger partial charge in [-0.3, -0.25) is 4.79 Å². The van der Waals surface area contributed by atoms with E-state index in [0.717, 1.165) is 0 Å². The maximum atomic E-state index is 12.1. The van der Waals surface area contributed by atoms with Gasteiger partial charge in [-0.05, 0) is 13.3 Å². The van der Waals surface area contributed by atoms with Crippen LogP contribution < -0.4 is 5.73 Å². The number of aliphatic hydroxyl groups is 1. The van der Waals surface area contributed by atoms with E-state index in [9.17, 15) is 9.90 Å². The van der Waals surface area contributed by atoms with E-state index in [-0.39, 0.29) is 19.1 Å². The van der Waals surface area contributed by atoms with Crippen LogP contribution in [0, 0.1) is 5.41 Å². The van der Waals surface area contributed by atoms with Gasteiger partial charge in [-0.15, -0.1) is 0 Å². The van der Waals surface area contributed by atoms with Gasteiger partial charge in [-0.2, -0.15) is 0 Å². The highest BCUT2D eigenvalue weighted by atomic mass is 16.5. The molecule has 96 valence electrons. The third-order valence-electron chi connectivity index (χ3n) is 2.94. The first-order valence-corrected chi connectivity index (χ1v) is 5.54. The molecule has 0 radical (unpaired) electrons. The number of carbonyl (C=O) groups is 1. The van der Waals surface area contributed by atoms with Crippen LogP contribution in [0.1, 0.15) is 20.3 Å². The van der Waals surface area contributed by atoms with Crippen molar-refractivity contribution >= 4 is 5.91 Å². The molecular weight excluding hydrogens is 208 g/mol. The van der Waals surface area contributed by atoms with Crippen LogP contribution in [-0.2, 0) is 9.53 Å². The minimum Gasteiger partial charge on any atom is -0.389 e. The van der Waals surface area contributed by atoms with Gasteiger partial charge in [0.2, 0.25) is 5.91 Å². The smallest absolute Gasteiger partial charge is 0.229 e. The summed E-state index contributed by atoms with van der Waals surface area (Å²) in [5.41, 5.74) is 5.07. The minimum atomic E-state index is -0.655. The maximum Gasteiger partial charge on any atom is 0.229 e. The van der Waals surface area contributed by atoms with Crippen molar-refractivity contribution in [3.8, 4) is 0 Å². The normalized spacial score (nSPS) is 16.6. The fourth-order valence-corrected chi connectivity index (χ4v) is 1.49. The molecule has 0 saturated carbocycles. The predicted octanol–water partition coefficient (Wildman–Crippen LogP) is -0.173. The largest absolute Gasteiger partial charge is 0.389 e. The van der Waals surface area contributed by atoms with E-state index in [1.165, 1.54) is 12.0 Å². The lowest BCUT2D eigenvalue weighted by Gasteiger charge is -2.31. The van der Waals surface area contributed by atoms with Gasteiger partial charge in [0.15, 0.2) is 0 Å². The number of hydrogen-bond donors (Lipinski definition) is 2. The van der Waals surface area contributed by atoms with Gasteiger partial charge in [-0.25, -0.2) is 0 Å². The second-order valence-corrected chi connectivity index (χ2v) is 4.41. The van der Waals surface area contributed by atoms with E-state index in [2.05, 4.69) is 0 Å². The van der Waals surface area contributed by atoms with Crippen molar-refractivity contribution in [2.45, 2.75) is 26.4 Å². The van der Waals surface area contributed by atoms with Crippen molar-refractivity contribution in [2.75, 3.05) is 33.9 Å². The van der Waals surface area contributed by atoms with Crippen molar-refractivity contribution in [1.29, 1.82) is 0 Å². The summed E-state index contributed by atoms with van der Waals surface area (Å²) >= 11 is 0. The summed E-state index contributed by atoms with van der Waals surface area (Å²) in [6.07, 6.45) is 0.0328. The number of ether oxygens (including phenoxy) is 1. The molecule has 0 aliphatic carbocycles. The second-order valence-electron chi connectivity index (χ2n) is 4.41. The van der Waals surface area contributed by atoms with Crippen LogP contribution in [0.25, 0.3) is 0 Å². The van der Waals surface area contributed by atoms with E-state index in [1.54, 1.807) is 7.05 Å². The van der Waals surface area contributed by atoms with Gasteiger partial charge in [-0.1, -0.05) is 6.92 Å². The van der Waals surface area contributed by atoms with Crippen LogP contribution in [0.5, 0.6) is 0 Å². The van der Waals surface area contributed by atoms with Crippen LogP contribution in [0.4, 0.5) is 0 Å². The van der Waals surface area contributed by atoms with E-state index in [1.807, 2.05) is 13.8 Å². The van der Waals surface area contributed by atoms with Gasteiger partial charge in [0.05, 0.1) is 18.1 Å². The Morgan fingerprint density at radius 1 is 1.62 bits per heavy atom. The first kappa shape index (κ1) is 15.3. The Balaban J connectivity index is 4.37. The molecule has 16 heavy (non-hydrogen) atoms. The van der Waals surface area contributed by atoms with E-state index >= 15 is 0 Å². The summed E-state index contributed by atoms with van der Waals surface area (Å²) in [6, 6.07) is 0. The Morgan fingerprint density at radius 2 is 2.19 bits per heavy atom. The molecule has 5 heteroatoms. The van der Waals surface area contributed by atoms with Crippen LogP contribution in [-0.4, -0.2) is 55.9 Å². The van der Waals surface area contributed by atoms with E-state index in [0.29, 0.717) is 13.0 Å². The molecule has 0 aromatic heterocycles.